The van der Waals surface area contributed by atoms with Crippen molar-refractivity contribution in [2.45, 2.75) is 259 Å². The highest BCUT2D eigenvalue weighted by Gasteiger charge is 2.64. The molecule has 0 saturated carbocycles. The standard InChI is InChI=1S/C58H95N5O44/c1-15(72)59-31-39(86)36(83)22(8-66)97-51(31)102-44-25(11-69)99-52(33(61-17(3)74)48(44)107-58(56(93)94)5-19(76)30(63-28(80)13-71)47(106-58)35(82)21(78)7-65)104-49-37(84)23(9-67)98-54(42(49)89)101-43-24(10-68)100-53(41(88)40(43)87)103-45-32(60-16(2)73)50(90)96-26(38(45)85)14-95-57(55(91)92)4-18(75)29(62-27(79)12-70)46(105-57)34(81)20(77)6-64/h18-26,29-54,64-71,75-78,81-90H,4-14H2,1-3H3,(H,59,72)(H,60,73)(H,61,74)(H,62,79)(H,63,80)(H,91,92)(H,93,94)/t18-,19-,20+,21+,22+,23+,24+,25+,26+,29+,30+,31+,32+,33+,34+,35+,36-,37-,38-,39+,40+,41+,42+,43-,44-,45+,46+,47+,48+,49-,50-,51-,52-,53-,54-,57+,58-/m0/s1. The minimum absolute atomic E-state index is 0.820. The predicted molar refractivity (Wildman–Crippen MR) is 327 cm³/mol. The van der Waals surface area contributed by atoms with Gasteiger partial charge in [-0.05, 0) is 0 Å². The number of hydrogen-bond acceptors (Lipinski definition) is 42. The Balaban J connectivity index is 1.20. The molecule has 0 aromatic carbocycles. The molecule has 0 bridgehead atoms. The number of amides is 5. The number of ether oxygens (including phenoxy) is 13. The van der Waals surface area contributed by atoms with Crippen LogP contribution in [0.3, 0.4) is 0 Å². The van der Waals surface area contributed by atoms with E-state index in [2.05, 4.69) is 26.6 Å². The Kier molecular flexibility index (Phi) is 32.0. The van der Waals surface area contributed by atoms with Crippen LogP contribution in [0.5, 0.6) is 0 Å². The van der Waals surface area contributed by atoms with Crippen molar-refractivity contribution < 1.29 is 218 Å². The lowest BCUT2D eigenvalue weighted by Gasteiger charge is -2.53. The first-order valence-electron chi connectivity index (χ1n) is 33.2. The molecule has 49 heteroatoms. The molecular weight excluding hydrogens is 1470 g/mol. The van der Waals surface area contributed by atoms with E-state index in [4.69, 9.17) is 61.6 Å². The third-order valence-electron chi connectivity index (χ3n) is 18.7. The van der Waals surface area contributed by atoms with Crippen molar-refractivity contribution in [2.75, 3.05) is 59.5 Å². The molecular formula is C58H95N5O44. The van der Waals surface area contributed by atoms with Crippen LogP contribution in [0.4, 0.5) is 0 Å². The number of carboxylic acids is 2. The number of carbonyl (C=O) groups is 7. The summed E-state index contributed by atoms with van der Waals surface area (Å²) in [4.78, 5) is 90.2. The van der Waals surface area contributed by atoms with Crippen molar-refractivity contribution in [1.29, 1.82) is 0 Å². The third kappa shape index (κ3) is 20.0. The first kappa shape index (κ1) is 89.1. The second-order valence-corrected chi connectivity index (χ2v) is 26.2. The molecule has 7 aliphatic rings. The van der Waals surface area contributed by atoms with E-state index < -0.39 is 340 Å². The summed E-state index contributed by atoms with van der Waals surface area (Å²) in [6, 6.07) is -9.87. The Morgan fingerprint density at radius 2 is 0.804 bits per heavy atom. The molecule has 7 heterocycles. The zero-order valence-electron chi connectivity index (χ0n) is 56.9. The quantitative estimate of drug-likeness (QED) is 0.0297. The molecule has 37 atom stereocenters. The summed E-state index contributed by atoms with van der Waals surface area (Å²) in [5.74, 6) is -16.5. The fraction of sp³-hybridized carbons (Fsp3) is 0.879. The summed E-state index contributed by atoms with van der Waals surface area (Å²) in [7, 11) is 0. The minimum atomic E-state index is -3.51. The number of rotatable bonds is 32. The van der Waals surface area contributed by atoms with Crippen LogP contribution in [0.15, 0.2) is 0 Å². The van der Waals surface area contributed by atoms with Gasteiger partial charge in [-0.2, -0.15) is 0 Å². The Hall–Kier alpha value is -5.11. The first-order valence-corrected chi connectivity index (χ1v) is 33.2. The Morgan fingerprint density at radius 3 is 1.30 bits per heavy atom. The maximum absolute atomic E-state index is 13.9. The molecule has 7 fully saturated rings. The van der Waals surface area contributed by atoms with Gasteiger partial charge in [0.05, 0.1) is 70.5 Å². The highest BCUT2D eigenvalue weighted by Crippen LogP contribution is 2.42. The zero-order valence-corrected chi connectivity index (χ0v) is 56.9. The molecule has 0 aliphatic carbocycles. The van der Waals surface area contributed by atoms with Crippen molar-refractivity contribution in [3.05, 3.63) is 0 Å². The predicted octanol–water partition coefficient (Wildman–Crippen LogP) is -19.2. The van der Waals surface area contributed by atoms with Crippen LogP contribution in [0.1, 0.15) is 33.6 Å². The fourth-order valence-corrected chi connectivity index (χ4v) is 13.3. The van der Waals surface area contributed by atoms with Crippen LogP contribution < -0.4 is 26.6 Å². The largest absolute Gasteiger partial charge is 0.477 e. The number of carboxylic acid groups (broad SMARTS) is 2. The number of carbonyl (C=O) groups excluding carboxylic acids is 5. The van der Waals surface area contributed by atoms with Crippen molar-refractivity contribution in [3.63, 3.8) is 0 Å². The van der Waals surface area contributed by atoms with Crippen LogP contribution in [0, 0.1) is 0 Å². The van der Waals surface area contributed by atoms with Crippen LogP contribution in [0.25, 0.3) is 0 Å². The number of nitrogens with one attached hydrogen (secondary N) is 5. The van der Waals surface area contributed by atoms with Crippen molar-refractivity contribution in [2.24, 2.45) is 0 Å². The van der Waals surface area contributed by atoms with Crippen LogP contribution in [-0.2, 0) is 95.1 Å². The van der Waals surface area contributed by atoms with Crippen molar-refractivity contribution in [3.8, 4) is 0 Å². The topological polar surface area (TPSA) is 785 Å². The molecule has 7 aliphatic heterocycles. The van der Waals surface area contributed by atoms with Gasteiger partial charge in [0.1, 0.15) is 172 Å². The van der Waals surface area contributed by atoms with Gasteiger partial charge in [0, 0.05) is 33.6 Å². The maximum atomic E-state index is 13.9. The van der Waals surface area contributed by atoms with Crippen LogP contribution in [0.2, 0.25) is 0 Å². The highest BCUT2D eigenvalue weighted by atomic mass is 16.8. The normalized spacial score (nSPS) is 43.0. The van der Waals surface area contributed by atoms with Gasteiger partial charge in [0.25, 0.3) is 11.6 Å². The summed E-state index contributed by atoms with van der Waals surface area (Å²) in [5, 5.41) is 273. The molecule has 0 spiro atoms. The van der Waals surface area contributed by atoms with E-state index in [1.54, 1.807) is 0 Å². The van der Waals surface area contributed by atoms with Gasteiger partial charge in [-0.3, -0.25) is 24.0 Å². The summed E-state index contributed by atoms with van der Waals surface area (Å²) in [6.45, 7) is -8.49. The second-order valence-electron chi connectivity index (χ2n) is 26.2. The zero-order chi connectivity index (χ0) is 79.8. The Morgan fingerprint density at radius 1 is 0.402 bits per heavy atom. The van der Waals surface area contributed by atoms with E-state index in [9.17, 15) is 156 Å². The van der Waals surface area contributed by atoms with Gasteiger partial charge in [0.15, 0.2) is 31.5 Å². The molecule has 5 amide bonds. The molecule has 0 aromatic heterocycles. The number of hydrogen-bond donors (Lipinski definition) is 29. The highest BCUT2D eigenvalue weighted by molar-refractivity contribution is 5.79. The van der Waals surface area contributed by atoms with Crippen LogP contribution >= 0.6 is 0 Å². The molecule has 0 radical (unpaired) electrons. The molecule has 0 aromatic rings. The Bertz CT molecular complexity index is 2940. The summed E-state index contributed by atoms with van der Waals surface area (Å²) >= 11 is 0. The van der Waals surface area contributed by atoms with E-state index in [1.807, 2.05) is 0 Å². The van der Waals surface area contributed by atoms with Gasteiger partial charge in [-0.25, -0.2) is 9.59 Å². The van der Waals surface area contributed by atoms with Gasteiger partial charge in [-0.15, -0.1) is 0 Å². The van der Waals surface area contributed by atoms with E-state index in [1.165, 1.54) is 0 Å². The molecule has 616 valence electrons. The lowest BCUT2D eigenvalue weighted by molar-refractivity contribution is -0.395. The molecule has 7 saturated heterocycles. The number of aliphatic hydroxyl groups excluding tert-OH is 22. The van der Waals surface area contributed by atoms with Crippen molar-refractivity contribution in [1.82, 2.24) is 26.6 Å². The van der Waals surface area contributed by atoms with Gasteiger partial charge in [0.2, 0.25) is 29.5 Å². The maximum Gasteiger partial charge on any atom is 0.364 e. The average molecular weight is 1570 g/mol. The summed E-state index contributed by atoms with van der Waals surface area (Å²) in [5.41, 5.74) is 0. The third-order valence-corrected chi connectivity index (χ3v) is 18.7. The summed E-state index contributed by atoms with van der Waals surface area (Å²) < 4.78 is 76.2. The van der Waals surface area contributed by atoms with E-state index in [0.717, 1.165) is 20.8 Å². The minimum Gasteiger partial charge on any atom is -0.477 e. The van der Waals surface area contributed by atoms with Crippen molar-refractivity contribution >= 4 is 41.5 Å². The molecule has 29 N–H and O–H groups in total. The SMILES string of the molecule is CC(=O)N[C@@H]1[C@@H](O[C@@H]2O[C@H](CO)[C@H](O[C@@H]3O[C@H](CO)[C@H](O)[C@H](O[C@@H]4O[C@H](CO)[C@H](O[C@@H]5O[C@H](CO)[C@H](O)[C@H](O)[C@H]5NC(C)=O)[C@H](O[C@]5(C(=O)O)C[C@H](O)[C@@H](NC(=O)CO)[C@H]([C@H](O)[C@H](O)CO)O5)[C@H]4NC(C)=O)[C@H]3O)[C@H](O)[C@H]2O)[C@@H](O)[C@@H](CO[C@]2(C(=O)O)C[C@H](O)[C@@H](NC(=O)CO)[C@H]([C@H](O)[C@H](O)CO)O2)O[C@@H]1O. The fourth-order valence-electron chi connectivity index (χ4n) is 13.3. The first-order chi connectivity index (χ1) is 50.3. The molecule has 49 nitrogen and oxygen atoms in total. The van der Waals surface area contributed by atoms with Gasteiger partial charge < -0.3 is 211 Å². The number of aliphatic hydroxyl groups is 22. The average Bonchev–Trinajstić information content (AvgIpc) is 0.750. The van der Waals surface area contributed by atoms with E-state index >= 15 is 0 Å². The van der Waals surface area contributed by atoms with Gasteiger partial charge in [-0.1, -0.05) is 0 Å². The van der Waals surface area contributed by atoms with Crippen LogP contribution in [-0.4, -0.2) is 449 Å². The second kappa shape index (κ2) is 38.4. The van der Waals surface area contributed by atoms with E-state index in [0.29, 0.717) is 0 Å². The van der Waals surface area contributed by atoms with Gasteiger partial charge >= 0.3 is 11.9 Å². The Labute approximate surface area is 603 Å². The molecule has 107 heavy (non-hydrogen) atoms. The lowest BCUT2D eigenvalue weighted by Crippen LogP contribution is -2.74. The van der Waals surface area contributed by atoms with E-state index in [-0.39, 0.29) is 0 Å². The lowest BCUT2D eigenvalue weighted by atomic mass is 9.87. The summed E-state index contributed by atoms with van der Waals surface area (Å²) in [6.07, 6.45) is -69.9. The smallest absolute Gasteiger partial charge is 0.364 e. The monoisotopic (exact) mass is 1570 g/mol. The number of aliphatic carboxylic acids is 2. The molecule has 7 rings (SSSR count). The molecule has 0 unspecified atom stereocenters.